The molecule has 0 aliphatic rings. The highest BCUT2D eigenvalue weighted by atomic mass is 19.4. The molecule has 0 radical (unpaired) electrons. The lowest BCUT2D eigenvalue weighted by molar-refractivity contribution is -0.123. The Morgan fingerprint density at radius 2 is 1.76 bits per heavy atom. The second-order valence-electron chi connectivity index (χ2n) is 4.64. The predicted molar refractivity (Wildman–Crippen MR) is 83.8 cm³/mol. The van der Waals surface area contributed by atoms with Gasteiger partial charge in [-0.2, -0.15) is 13.2 Å². The molecule has 0 heterocycles. The number of halogens is 3. The van der Waals surface area contributed by atoms with Crippen LogP contribution in [0.25, 0.3) is 0 Å². The minimum atomic E-state index is -4.29. The van der Waals surface area contributed by atoms with Gasteiger partial charge >= 0.3 is 6.18 Å². The van der Waals surface area contributed by atoms with Crippen LogP contribution < -0.4 is 5.32 Å². The van der Waals surface area contributed by atoms with Gasteiger partial charge in [-0.15, -0.1) is 0 Å². The van der Waals surface area contributed by atoms with Crippen LogP contribution in [0.5, 0.6) is 0 Å². The normalized spacial score (nSPS) is 12.2. The van der Waals surface area contributed by atoms with E-state index in [2.05, 4.69) is 25.1 Å². The smallest absolute Gasteiger partial charge is 0.376 e. The van der Waals surface area contributed by atoms with Gasteiger partial charge in [0.25, 0.3) is 0 Å². The summed E-state index contributed by atoms with van der Waals surface area (Å²) in [6.45, 7) is 15.7. The fourth-order valence-corrected chi connectivity index (χ4v) is 1.71. The molecule has 0 aromatic rings. The lowest BCUT2D eigenvalue weighted by Gasteiger charge is -2.18. The molecule has 116 valence electrons. The Balaban J connectivity index is 5.24. The van der Waals surface area contributed by atoms with Gasteiger partial charge in [-0.3, -0.25) is 0 Å². The lowest BCUT2D eigenvalue weighted by atomic mass is 9.93. The molecule has 0 bridgehead atoms. The zero-order valence-electron chi connectivity index (χ0n) is 12.8. The minimum absolute atomic E-state index is 0.200. The number of hydrogen-bond acceptors (Lipinski definition) is 1. The molecule has 0 aromatic heterocycles. The molecule has 4 heteroatoms. The average Bonchev–Trinajstić information content (AvgIpc) is 2.36. The van der Waals surface area contributed by atoms with E-state index in [4.69, 9.17) is 0 Å². The molecule has 0 saturated carbocycles. The van der Waals surface area contributed by atoms with E-state index >= 15 is 0 Å². The van der Waals surface area contributed by atoms with E-state index in [0.717, 1.165) is 11.1 Å². The van der Waals surface area contributed by atoms with E-state index < -0.39 is 12.7 Å². The van der Waals surface area contributed by atoms with Crippen molar-refractivity contribution in [3.05, 3.63) is 72.0 Å². The van der Waals surface area contributed by atoms with Crippen LogP contribution in [0.15, 0.2) is 72.0 Å². The number of rotatable bonds is 7. The summed E-state index contributed by atoms with van der Waals surface area (Å²) in [6, 6.07) is 0. The van der Waals surface area contributed by atoms with Gasteiger partial charge in [-0.25, -0.2) is 0 Å². The van der Waals surface area contributed by atoms with E-state index in [1.54, 1.807) is 25.2 Å². The van der Waals surface area contributed by atoms with E-state index in [9.17, 15) is 13.2 Å². The Bertz CT molecular complexity index is 499. The highest BCUT2D eigenvalue weighted by Crippen LogP contribution is 2.26. The van der Waals surface area contributed by atoms with Gasteiger partial charge in [-0.1, -0.05) is 49.6 Å². The van der Waals surface area contributed by atoms with Gasteiger partial charge in [0.15, 0.2) is 0 Å². The van der Waals surface area contributed by atoms with Crippen LogP contribution in [0.4, 0.5) is 13.2 Å². The van der Waals surface area contributed by atoms with Gasteiger partial charge in [0, 0.05) is 5.70 Å². The van der Waals surface area contributed by atoms with Crippen LogP contribution in [0.2, 0.25) is 0 Å². The van der Waals surface area contributed by atoms with Crippen LogP contribution in [-0.4, -0.2) is 12.7 Å². The van der Waals surface area contributed by atoms with Crippen molar-refractivity contribution in [3.8, 4) is 0 Å². The van der Waals surface area contributed by atoms with Gasteiger partial charge < -0.3 is 5.32 Å². The molecule has 0 saturated heterocycles. The molecule has 0 aromatic carbocycles. The zero-order valence-corrected chi connectivity index (χ0v) is 12.8. The van der Waals surface area contributed by atoms with Gasteiger partial charge in [-0.05, 0) is 37.5 Å². The maximum atomic E-state index is 12.3. The number of nitrogens with one attached hydrogen (secondary N) is 1. The molecule has 0 atom stereocenters. The van der Waals surface area contributed by atoms with Crippen molar-refractivity contribution in [2.75, 3.05) is 6.54 Å². The first-order valence-corrected chi connectivity index (χ1v) is 6.46. The van der Waals surface area contributed by atoms with E-state index in [0.29, 0.717) is 11.1 Å². The Labute approximate surface area is 124 Å². The molecular weight excluding hydrogens is 275 g/mol. The van der Waals surface area contributed by atoms with Crippen LogP contribution in [0, 0.1) is 0 Å². The third-order valence-corrected chi connectivity index (χ3v) is 2.70. The Morgan fingerprint density at radius 1 is 1.19 bits per heavy atom. The second kappa shape index (κ2) is 8.35. The monoisotopic (exact) mass is 297 g/mol. The maximum Gasteiger partial charge on any atom is 0.405 e. The molecular formula is C17H22F3N. The van der Waals surface area contributed by atoms with E-state index in [-0.39, 0.29) is 5.70 Å². The Kier molecular flexibility index (Phi) is 7.56. The molecule has 21 heavy (non-hydrogen) atoms. The van der Waals surface area contributed by atoms with Gasteiger partial charge in [0.1, 0.15) is 6.54 Å². The quantitative estimate of drug-likeness (QED) is 0.634. The summed E-state index contributed by atoms with van der Waals surface area (Å²) in [7, 11) is 0. The third kappa shape index (κ3) is 6.84. The van der Waals surface area contributed by atoms with Crippen molar-refractivity contribution in [1.29, 1.82) is 0 Å². The van der Waals surface area contributed by atoms with Crippen molar-refractivity contribution in [1.82, 2.24) is 5.32 Å². The Hall–Kier alpha value is -1.97. The summed E-state index contributed by atoms with van der Waals surface area (Å²) in [5.41, 5.74) is 3.23. The SMILES string of the molecule is C=C/C=C\C(C(=C)/C(=C\C)C(=C)NCC(F)(F)F)=C(C)C. The first kappa shape index (κ1) is 19.0. The molecule has 0 amide bonds. The fraction of sp³-hybridized carbons (Fsp3) is 0.294. The highest BCUT2D eigenvalue weighted by Gasteiger charge is 2.27. The number of hydrogen-bond donors (Lipinski definition) is 1. The van der Waals surface area contributed by atoms with E-state index in [1.165, 1.54) is 0 Å². The molecule has 0 rings (SSSR count). The molecule has 1 N–H and O–H groups in total. The molecule has 0 fully saturated rings. The second-order valence-corrected chi connectivity index (χ2v) is 4.64. The van der Waals surface area contributed by atoms with Crippen molar-refractivity contribution >= 4 is 0 Å². The largest absolute Gasteiger partial charge is 0.405 e. The standard InChI is InChI=1S/C17H22F3N/c1-7-9-10-16(12(3)4)13(5)15(8-2)14(6)21-11-17(18,19)20/h7-10,21H,1,5-6,11H2,2-4H3/b10-9-,15-8+. The molecule has 0 aliphatic carbocycles. The summed E-state index contributed by atoms with van der Waals surface area (Å²) in [5, 5.41) is 2.29. The molecule has 0 aliphatic heterocycles. The van der Waals surface area contributed by atoms with Crippen LogP contribution in [-0.2, 0) is 0 Å². The molecule has 0 unspecified atom stereocenters. The number of alkyl halides is 3. The van der Waals surface area contributed by atoms with Crippen LogP contribution in [0.3, 0.4) is 0 Å². The Morgan fingerprint density at radius 3 is 2.14 bits per heavy atom. The van der Waals surface area contributed by atoms with E-state index in [1.807, 2.05) is 19.9 Å². The third-order valence-electron chi connectivity index (χ3n) is 2.70. The summed E-state index contributed by atoms with van der Waals surface area (Å²) in [6.07, 6.45) is 2.62. The van der Waals surface area contributed by atoms with Crippen molar-refractivity contribution in [3.63, 3.8) is 0 Å². The first-order valence-electron chi connectivity index (χ1n) is 6.46. The van der Waals surface area contributed by atoms with Gasteiger partial charge in [0.05, 0.1) is 0 Å². The molecule has 1 nitrogen and oxygen atoms in total. The highest BCUT2D eigenvalue weighted by molar-refractivity contribution is 5.58. The summed E-state index contributed by atoms with van der Waals surface area (Å²) < 4.78 is 36.8. The van der Waals surface area contributed by atoms with Crippen molar-refractivity contribution in [2.45, 2.75) is 26.9 Å². The summed E-state index contributed by atoms with van der Waals surface area (Å²) >= 11 is 0. The lowest BCUT2D eigenvalue weighted by Crippen LogP contribution is -2.28. The fourth-order valence-electron chi connectivity index (χ4n) is 1.71. The summed E-state index contributed by atoms with van der Waals surface area (Å²) in [5.74, 6) is 0. The predicted octanol–water partition coefficient (Wildman–Crippen LogP) is 5.23. The van der Waals surface area contributed by atoms with Crippen molar-refractivity contribution in [2.24, 2.45) is 0 Å². The first-order chi connectivity index (χ1) is 9.64. The maximum absolute atomic E-state index is 12.3. The zero-order chi connectivity index (χ0) is 16.6. The van der Waals surface area contributed by atoms with Crippen molar-refractivity contribution < 1.29 is 13.2 Å². The van der Waals surface area contributed by atoms with Crippen LogP contribution in [0.1, 0.15) is 20.8 Å². The average molecular weight is 297 g/mol. The minimum Gasteiger partial charge on any atom is -0.376 e. The van der Waals surface area contributed by atoms with Crippen LogP contribution >= 0.6 is 0 Å². The van der Waals surface area contributed by atoms with Gasteiger partial charge in [0.2, 0.25) is 0 Å². The molecule has 0 spiro atoms. The summed E-state index contributed by atoms with van der Waals surface area (Å²) in [4.78, 5) is 0. The number of allylic oxidation sites excluding steroid dienone is 7. The topological polar surface area (TPSA) is 12.0 Å².